The molecule has 0 spiro atoms. The van der Waals surface area contributed by atoms with E-state index in [9.17, 15) is 14.9 Å². The maximum atomic E-state index is 10.9. The van der Waals surface area contributed by atoms with E-state index in [4.69, 9.17) is 11.6 Å². The highest BCUT2D eigenvalue weighted by molar-refractivity contribution is 6.30. The van der Waals surface area contributed by atoms with Crippen LogP contribution in [0.2, 0.25) is 5.02 Å². The van der Waals surface area contributed by atoms with Crippen molar-refractivity contribution in [3.05, 3.63) is 50.7 Å². The lowest BCUT2D eigenvalue weighted by Crippen LogP contribution is -2.07. The lowest BCUT2D eigenvalue weighted by atomic mass is 10.1. The van der Waals surface area contributed by atoms with Crippen LogP contribution in [0, 0.1) is 10.1 Å². The number of carbonyl (C=O) groups excluding carboxylic acids is 1. The molecule has 0 heterocycles. The zero-order valence-electron chi connectivity index (χ0n) is 7.94. The minimum atomic E-state index is -0.705. The number of hydrogen-bond acceptors (Lipinski definition) is 3. The molecule has 1 rings (SSSR count). The van der Waals surface area contributed by atoms with Gasteiger partial charge in [-0.15, -0.1) is 0 Å². The fourth-order valence-corrected chi connectivity index (χ4v) is 1.24. The van der Waals surface area contributed by atoms with Crippen LogP contribution in [0.1, 0.15) is 12.5 Å². The largest absolute Gasteiger partial charge is 0.312 e. The number of rotatable bonds is 3. The van der Waals surface area contributed by atoms with Gasteiger partial charge >= 0.3 is 5.70 Å². The second kappa shape index (κ2) is 4.70. The van der Waals surface area contributed by atoms with Gasteiger partial charge in [0.15, 0.2) is 0 Å². The Balaban J connectivity index is 3.13. The SMILES string of the molecule is CC(=O)C(=Cc1cccc(Cl)c1)[N+](=O)[O-]. The summed E-state index contributed by atoms with van der Waals surface area (Å²) >= 11 is 5.70. The predicted molar refractivity (Wildman–Crippen MR) is 57.1 cm³/mol. The molecule has 5 heteroatoms. The van der Waals surface area contributed by atoms with Crippen LogP contribution in [-0.4, -0.2) is 10.7 Å². The van der Waals surface area contributed by atoms with Crippen molar-refractivity contribution in [1.82, 2.24) is 0 Å². The molecule has 0 aliphatic heterocycles. The number of halogens is 1. The van der Waals surface area contributed by atoms with Gasteiger partial charge in [0.05, 0.1) is 4.92 Å². The fourth-order valence-electron chi connectivity index (χ4n) is 1.04. The van der Waals surface area contributed by atoms with E-state index in [-0.39, 0.29) is 0 Å². The van der Waals surface area contributed by atoms with Crippen molar-refractivity contribution in [2.75, 3.05) is 0 Å². The molecule has 0 aliphatic carbocycles. The normalized spacial score (nSPS) is 11.2. The quantitative estimate of drug-likeness (QED) is 0.451. The third kappa shape index (κ3) is 3.18. The summed E-state index contributed by atoms with van der Waals surface area (Å²) in [6.07, 6.45) is 1.20. The zero-order chi connectivity index (χ0) is 11.4. The highest BCUT2D eigenvalue weighted by Crippen LogP contribution is 2.14. The van der Waals surface area contributed by atoms with Gasteiger partial charge in [-0.1, -0.05) is 23.7 Å². The summed E-state index contributed by atoms with van der Waals surface area (Å²) < 4.78 is 0. The van der Waals surface area contributed by atoms with Crippen molar-refractivity contribution >= 4 is 23.5 Å². The number of carbonyl (C=O) groups is 1. The van der Waals surface area contributed by atoms with Crippen molar-refractivity contribution in [2.24, 2.45) is 0 Å². The third-order valence-corrected chi connectivity index (χ3v) is 1.94. The van der Waals surface area contributed by atoms with Crippen molar-refractivity contribution in [2.45, 2.75) is 6.92 Å². The molecule has 0 saturated carbocycles. The van der Waals surface area contributed by atoms with Crippen molar-refractivity contribution < 1.29 is 9.72 Å². The third-order valence-electron chi connectivity index (χ3n) is 1.71. The Morgan fingerprint density at radius 3 is 2.67 bits per heavy atom. The average molecular weight is 226 g/mol. The Morgan fingerprint density at radius 2 is 2.20 bits per heavy atom. The summed E-state index contributed by atoms with van der Waals surface area (Å²) in [6, 6.07) is 6.50. The summed E-state index contributed by atoms with van der Waals surface area (Å²) in [5.41, 5.74) is 0.0849. The van der Waals surface area contributed by atoms with E-state index in [2.05, 4.69) is 0 Å². The first kappa shape index (κ1) is 11.4. The number of nitrogens with zero attached hydrogens (tertiary/aromatic N) is 1. The van der Waals surface area contributed by atoms with Gasteiger partial charge in [0.25, 0.3) is 0 Å². The summed E-state index contributed by atoms with van der Waals surface area (Å²) in [5, 5.41) is 11.0. The number of Topliss-reactive ketones (excluding diaryl/α,β-unsaturated/α-hetero) is 1. The lowest BCUT2D eigenvalue weighted by molar-refractivity contribution is -0.417. The van der Waals surface area contributed by atoms with E-state index in [1.807, 2.05) is 0 Å². The van der Waals surface area contributed by atoms with Gasteiger partial charge in [0, 0.05) is 18.0 Å². The van der Waals surface area contributed by atoms with Crippen molar-refractivity contribution in [3.63, 3.8) is 0 Å². The van der Waals surface area contributed by atoms with Gasteiger partial charge < -0.3 is 0 Å². The van der Waals surface area contributed by atoms with Crippen molar-refractivity contribution in [1.29, 1.82) is 0 Å². The van der Waals surface area contributed by atoms with E-state index in [1.165, 1.54) is 6.08 Å². The molecule has 78 valence electrons. The van der Waals surface area contributed by atoms with Gasteiger partial charge in [-0.25, -0.2) is 0 Å². The standard InChI is InChI=1S/C10H8ClNO3/c1-7(13)10(12(14)15)6-8-3-2-4-9(11)5-8/h2-6H,1H3. The molecule has 1 aromatic rings. The number of allylic oxidation sites excluding steroid dienone is 1. The van der Waals surface area contributed by atoms with Crippen LogP contribution in [0.15, 0.2) is 30.0 Å². The lowest BCUT2D eigenvalue weighted by Gasteiger charge is -1.95. The number of benzene rings is 1. The Labute approximate surface area is 91.3 Å². The van der Waals surface area contributed by atoms with Gasteiger partial charge in [0.2, 0.25) is 5.78 Å². The molecule has 0 unspecified atom stereocenters. The first-order valence-electron chi connectivity index (χ1n) is 4.13. The molecular formula is C10H8ClNO3. The van der Waals surface area contributed by atoms with Gasteiger partial charge in [0.1, 0.15) is 0 Å². The topological polar surface area (TPSA) is 60.2 Å². The Morgan fingerprint density at radius 1 is 1.53 bits per heavy atom. The molecule has 0 fully saturated rings. The maximum absolute atomic E-state index is 10.9. The monoisotopic (exact) mass is 225 g/mol. The molecular weight excluding hydrogens is 218 g/mol. The number of ketones is 1. The molecule has 4 nitrogen and oxygen atoms in total. The van der Waals surface area contributed by atoms with Gasteiger partial charge in [-0.05, 0) is 17.7 Å². The Hall–Kier alpha value is -1.68. The molecule has 1 aromatic carbocycles. The molecule has 0 saturated heterocycles. The van der Waals surface area contributed by atoms with Crippen LogP contribution in [0.25, 0.3) is 6.08 Å². The second-order valence-electron chi connectivity index (χ2n) is 2.90. The van der Waals surface area contributed by atoms with E-state index in [1.54, 1.807) is 24.3 Å². The molecule has 0 aliphatic rings. The van der Waals surface area contributed by atoms with Crippen LogP contribution >= 0.6 is 11.6 Å². The summed E-state index contributed by atoms with van der Waals surface area (Å²) in [7, 11) is 0. The minimum Gasteiger partial charge on any atom is -0.288 e. The van der Waals surface area contributed by atoms with Gasteiger partial charge in [-0.3, -0.25) is 14.9 Å². The smallest absolute Gasteiger partial charge is 0.288 e. The van der Waals surface area contributed by atoms with Crippen LogP contribution in [0.3, 0.4) is 0 Å². The highest BCUT2D eigenvalue weighted by atomic mass is 35.5. The first-order valence-corrected chi connectivity index (χ1v) is 4.51. The van der Waals surface area contributed by atoms with E-state index >= 15 is 0 Å². The Kier molecular flexibility index (Phi) is 3.57. The average Bonchev–Trinajstić information content (AvgIpc) is 2.13. The Bertz CT molecular complexity index is 424. The van der Waals surface area contributed by atoms with Crippen LogP contribution < -0.4 is 0 Å². The molecule has 0 aromatic heterocycles. The summed E-state index contributed by atoms with van der Waals surface area (Å²) in [4.78, 5) is 20.7. The second-order valence-corrected chi connectivity index (χ2v) is 3.33. The molecule has 0 atom stereocenters. The minimum absolute atomic E-state index is 0.447. The van der Waals surface area contributed by atoms with E-state index in [0.717, 1.165) is 6.92 Å². The number of nitro groups is 1. The maximum Gasteiger partial charge on any atom is 0.312 e. The van der Waals surface area contributed by atoms with E-state index in [0.29, 0.717) is 10.6 Å². The summed E-state index contributed by atoms with van der Waals surface area (Å²) in [6.45, 7) is 1.15. The molecule has 0 N–H and O–H groups in total. The predicted octanol–water partition coefficient (Wildman–Crippen LogP) is 2.55. The molecule has 0 amide bonds. The molecule has 15 heavy (non-hydrogen) atoms. The highest BCUT2D eigenvalue weighted by Gasteiger charge is 2.16. The van der Waals surface area contributed by atoms with Crippen molar-refractivity contribution in [3.8, 4) is 0 Å². The molecule has 0 bridgehead atoms. The van der Waals surface area contributed by atoms with Crippen LogP contribution in [-0.2, 0) is 4.79 Å². The van der Waals surface area contributed by atoms with Gasteiger partial charge in [-0.2, -0.15) is 0 Å². The zero-order valence-corrected chi connectivity index (χ0v) is 8.69. The van der Waals surface area contributed by atoms with E-state index < -0.39 is 16.4 Å². The van der Waals surface area contributed by atoms with Crippen LogP contribution in [0.4, 0.5) is 0 Å². The first-order chi connectivity index (χ1) is 7.00. The fraction of sp³-hybridized carbons (Fsp3) is 0.100. The van der Waals surface area contributed by atoms with Crippen LogP contribution in [0.5, 0.6) is 0 Å². The number of hydrogen-bond donors (Lipinski definition) is 0. The summed E-state index contributed by atoms with van der Waals surface area (Å²) in [5.74, 6) is -0.583. The molecule has 0 radical (unpaired) electrons.